The minimum absolute atomic E-state index is 0.189. The average molecular weight is 227 g/mol. The van der Waals surface area contributed by atoms with Gasteiger partial charge in [-0.25, -0.2) is 0 Å². The van der Waals surface area contributed by atoms with Crippen LogP contribution in [0, 0.1) is 12.8 Å². The van der Waals surface area contributed by atoms with Crippen molar-refractivity contribution in [2.75, 3.05) is 0 Å². The molecule has 0 spiro atoms. The number of rotatable bonds is 2. The van der Waals surface area contributed by atoms with Gasteiger partial charge < -0.3 is 5.11 Å². The number of hydrogen-bond donors (Lipinski definition) is 1. The molecule has 1 aromatic heterocycles. The fraction of sp³-hybridized carbons (Fsp3) is 0.286. The number of aromatic nitrogens is 1. The summed E-state index contributed by atoms with van der Waals surface area (Å²) in [5.74, 6) is -0.679. The van der Waals surface area contributed by atoms with Crippen molar-refractivity contribution in [2.24, 2.45) is 5.92 Å². The van der Waals surface area contributed by atoms with Crippen molar-refractivity contribution in [1.29, 1.82) is 0 Å². The van der Waals surface area contributed by atoms with Gasteiger partial charge >= 0.3 is 5.97 Å². The Labute approximate surface area is 99.1 Å². The number of carboxylic acids is 1. The van der Waals surface area contributed by atoms with Gasteiger partial charge in [-0.2, -0.15) is 0 Å². The molecule has 2 aromatic rings. The molecule has 3 rings (SSSR count). The van der Waals surface area contributed by atoms with Crippen molar-refractivity contribution in [2.45, 2.75) is 19.3 Å². The molecule has 0 radical (unpaired) electrons. The standard InChI is InChI=1S/C14H13NO2/c1-8-2-3-10-6-9(4-5-13(10)15-8)11-7-12(11)14(16)17/h2-6,11-12H,7H2,1H3,(H,16,17). The maximum Gasteiger partial charge on any atom is 0.307 e. The van der Waals surface area contributed by atoms with E-state index in [-0.39, 0.29) is 11.8 Å². The Balaban J connectivity index is 1.98. The number of pyridine rings is 1. The summed E-state index contributed by atoms with van der Waals surface area (Å²) in [6.07, 6.45) is 0.764. The maximum absolute atomic E-state index is 10.8. The smallest absolute Gasteiger partial charge is 0.307 e. The average Bonchev–Trinajstić information content (AvgIpc) is 3.08. The predicted octanol–water partition coefficient (Wildman–Crippen LogP) is 2.73. The number of benzene rings is 1. The van der Waals surface area contributed by atoms with Crippen molar-refractivity contribution < 1.29 is 9.90 Å². The summed E-state index contributed by atoms with van der Waals surface area (Å²) < 4.78 is 0. The first-order valence-corrected chi connectivity index (χ1v) is 5.75. The highest BCUT2D eigenvalue weighted by molar-refractivity contribution is 5.81. The van der Waals surface area contributed by atoms with E-state index in [1.54, 1.807) is 0 Å². The normalized spacial score (nSPS) is 22.6. The Morgan fingerprint density at radius 2 is 2.18 bits per heavy atom. The lowest BCUT2D eigenvalue weighted by Gasteiger charge is -2.03. The van der Waals surface area contributed by atoms with Crippen molar-refractivity contribution in [3.05, 3.63) is 41.6 Å². The summed E-state index contributed by atoms with van der Waals surface area (Å²) >= 11 is 0. The topological polar surface area (TPSA) is 50.2 Å². The number of carbonyl (C=O) groups is 1. The third-order valence-electron chi connectivity index (χ3n) is 3.39. The number of nitrogens with zero attached hydrogens (tertiary/aromatic N) is 1. The predicted molar refractivity (Wildman–Crippen MR) is 65.0 cm³/mol. The summed E-state index contributed by atoms with van der Waals surface area (Å²) in [7, 11) is 0. The Kier molecular flexibility index (Phi) is 2.15. The molecule has 0 aliphatic heterocycles. The third kappa shape index (κ3) is 1.78. The molecule has 0 amide bonds. The molecule has 86 valence electrons. The lowest BCUT2D eigenvalue weighted by Crippen LogP contribution is -1.98. The minimum atomic E-state index is -0.683. The molecule has 17 heavy (non-hydrogen) atoms. The van der Waals surface area contributed by atoms with Gasteiger partial charge in [-0.3, -0.25) is 9.78 Å². The monoisotopic (exact) mass is 227 g/mol. The van der Waals surface area contributed by atoms with Crippen LogP contribution in [0.25, 0.3) is 10.9 Å². The van der Waals surface area contributed by atoms with Gasteiger partial charge in [0.1, 0.15) is 0 Å². The zero-order valence-corrected chi connectivity index (χ0v) is 9.55. The summed E-state index contributed by atoms with van der Waals surface area (Å²) in [5.41, 5.74) is 3.09. The van der Waals surface area contributed by atoms with Crippen molar-refractivity contribution >= 4 is 16.9 Å². The fourth-order valence-corrected chi connectivity index (χ4v) is 2.31. The maximum atomic E-state index is 10.8. The van der Waals surface area contributed by atoms with Gasteiger partial charge in [-0.15, -0.1) is 0 Å². The third-order valence-corrected chi connectivity index (χ3v) is 3.39. The highest BCUT2D eigenvalue weighted by Gasteiger charge is 2.44. The van der Waals surface area contributed by atoms with Crippen LogP contribution < -0.4 is 0 Å². The molecule has 1 saturated carbocycles. The highest BCUT2D eigenvalue weighted by atomic mass is 16.4. The first-order chi connectivity index (χ1) is 8.15. The van der Waals surface area contributed by atoms with Crippen LogP contribution in [0.4, 0.5) is 0 Å². The number of carboxylic acid groups (broad SMARTS) is 1. The second kappa shape index (κ2) is 3.55. The largest absolute Gasteiger partial charge is 0.481 e. The summed E-state index contributed by atoms with van der Waals surface area (Å²) in [6.45, 7) is 1.97. The van der Waals surface area contributed by atoms with E-state index in [1.807, 2.05) is 31.2 Å². The number of hydrogen-bond acceptors (Lipinski definition) is 2. The molecule has 2 atom stereocenters. The zero-order valence-electron chi connectivity index (χ0n) is 9.55. The Hall–Kier alpha value is -1.90. The Morgan fingerprint density at radius 1 is 1.35 bits per heavy atom. The summed E-state index contributed by atoms with van der Waals surface area (Å²) in [6, 6.07) is 10.1. The van der Waals surface area contributed by atoms with E-state index in [9.17, 15) is 4.79 Å². The van der Waals surface area contributed by atoms with Gasteiger partial charge in [0.05, 0.1) is 11.4 Å². The molecule has 1 aromatic carbocycles. The second-order valence-electron chi connectivity index (χ2n) is 4.69. The molecule has 1 aliphatic rings. The number of aliphatic carboxylic acids is 1. The van der Waals surface area contributed by atoms with Crippen LogP contribution in [0.5, 0.6) is 0 Å². The molecule has 1 N–H and O–H groups in total. The van der Waals surface area contributed by atoms with E-state index in [1.165, 1.54) is 0 Å². The molecule has 2 unspecified atom stereocenters. The molecule has 0 saturated heterocycles. The van der Waals surface area contributed by atoms with Gasteiger partial charge in [0.25, 0.3) is 0 Å². The molecule has 1 fully saturated rings. The van der Waals surface area contributed by atoms with E-state index in [2.05, 4.69) is 11.1 Å². The highest BCUT2D eigenvalue weighted by Crippen LogP contribution is 2.47. The van der Waals surface area contributed by atoms with E-state index < -0.39 is 5.97 Å². The fourth-order valence-electron chi connectivity index (χ4n) is 2.31. The van der Waals surface area contributed by atoms with E-state index in [0.29, 0.717) is 0 Å². The van der Waals surface area contributed by atoms with Gasteiger partial charge in [0.15, 0.2) is 0 Å². The molecule has 3 heteroatoms. The van der Waals surface area contributed by atoms with Crippen LogP contribution in [0.15, 0.2) is 30.3 Å². The van der Waals surface area contributed by atoms with E-state index in [4.69, 9.17) is 5.11 Å². The Morgan fingerprint density at radius 3 is 2.88 bits per heavy atom. The van der Waals surface area contributed by atoms with Gasteiger partial charge in [0, 0.05) is 11.1 Å². The molecule has 3 nitrogen and oxygen atoms in total. The SMILES string of the molecule is Cc1ccc2cc(C3CC3C(=O)O)ccc2n1. The van der Waals surface area contributed by atoms with E-state index >= 15 is 0 Å². The lowest BCUT2D eigenvalue weighted by molar-refractivity contribution is -0.138. The van der Waals surface area contributed by atoms with Gasteiger partial charge in [-0.05, 0) is 43.0 Å². The van der Waals surface area contributed by atoms with Crippen molar-refractivity contribution in [3.63, 3.8) is 0 Å². The lowest BCUT2D eigenvalue weighted by atomic mass is 10.1. The molecule has 1 aliphatic carbocycles. The van der Waals surface area contributed by atoms with Crippen LogP contribution in [0.2, 0.25) is 0 Å². The molecular formula is C14H13NO2. The first kappa shape index (κ1) is 10.3. The molecule has 1 heterocycles. The van der Waals surface area contributed by atoms with Crippen LogP contribution in [-0.4, -0.2) is 16.1 Å². The minimum Gasteiger partial charge on any atom is -0.481 e. The van der Waals surface area contributed by atoms with Crippen LogP contribution in [0.1, 0.15) is 23.6 Å². The van der Waals surface area contributed by atoms with Gasteiger partial charge in [0.2, 0.25) is 0 Å². The van der Waals surface area contributed by atoms with E-state index in [0.717, 1.165) is 28.6 Å². The number of aryl methyl sites for hydroxylation is 1. The second-order valence-corrected chi connectivity index (χ2v) is 4.69. The summed E-state index contributed by atoms with van der Waals surface area (Å²) in [5, 5.41) is 10.0. The van der Waals surface area contributed by atoms with Crippen molar-refractivity contribution in [3.8, 4) is 0 Å². The van der Waals surface area contributed by atoms with Gasteiger partial charge in [-0.1, -0.05) is 12.1 Å². The summed E-state index contributed by atoms with van der Waals surface area (Å²) in [4.78, 5) is 15.3. The van der Waals surface area contributed by atoms with Crippen LogP contribution in [-0.2, 0) is 4.79 Å². The number of fused-ring (bicyclic) bond motifs is 1. The molecule has 0 bridgehead atoms. The van der Waals surface area contributed by atoms with Crippen LogP contribution >= 0.6 is 0 Å². The quantitative estimate of drug-likeness (QED) is 0.858. The first-order valence-electron chi connectivity index (χ1n) is 5.75. The molecular weight excluding hydrogens is 214 g/mol. The van der Waals surface area contributed by atoms with Crippen LogP contribution in [0.3, 0.4) is 0 Å². The van der Waals surface area contributed by atoms with Crippen molar-refractivity contribution in [1.82, 2.24) is 4.98 Å². The Bertz CT molecular complexity index is 606. The zero-order chi connectivity index (χ0) is 12.0.